The molecular formula is C12H17N5O2S. The van der Waals surface area contributed by atoms with E-state index in [-0.39, 0.29) is 4.90 Å². The zero-order valence-electron chi connectivity index (χ0n) is 11.3. The predicted octanol–water partition coefficient (Wildman–Crippen LogP) is 0.611. The van der Waals surface area contributed by atoms with Crippen molar-refractivity contribution in [2.45, 2.75) is 31.3 Å². The number of H-pyrrole nitrogens is 1. The van der Waals surface area contributed by atoms with Gasteiger partial charge in [0.1, 0.15) is 12.2 Å². The largest absolute Gasteiger partial charge is 0.326 e. The van der Waals surface area contributed by atoms with Crippen molar-refractivity contribution in [3.63, 3.8) is 0 Å². The molecule has 108 valence electrons. The second-order valence-electron chi connectivity index (χ2n) is 4.51. The van der Waals surface area contributed by atoms with Crippen molar-refractivity contribution < 1.29 is 8.42 Å². The molecule has 1 atom stereocenters. The first-order valence-corrected chi connectivity index (χ1v) is 7.59. The van der Waals surface area contributed by atoms with Gasteiger partial charge in [0.2, 0.25) is 10.0 Å². The van der Waals surface area contributed by atoms with E-state index in [0.717, 1.165) is 11.1 Å². The van der Waals surface area contributed by atoms with Crippen molar-refractivity contribution in [2.24, 2.45) is 5.73 Å². The zero-order valence-corrected chi connectivity index (χ0v) is 12.1. The van der Waals surface area contributed by atoms with Crippen LogP contribution in [0.3, 0.4) is 0 Å². The zero-order chi connectivity index (χ0) is 14.8. The van der Waals surface area contributed by atoms with Crippen molar-refractivity contribution in [3.05, 3.63) is 41.5 Å². The summed E-state index contributed by atoms with van der Waals surface area (Å²) in [7, 11) is -3.63. The van der Waals surface area contributed by atoms with E-state index in [0.29, 0.717) is 12.4 Å². The van der Waals surface area contributed by atoms with Crippen molar-refractivity contribution in [1.29, 1.82) is 0 Å². The predicted molar refractivity (Wildman–Crippen MR) is 74.2 cm³/mol. The second kappa shape index (κ2) is 5.70. The van der Waals surface area contributed by atoms with Gasteiger partial charge in [0.25, 0.3) is 0 Å². The molecule has 0 amide bonds. The van der Waals surface area contributed by atoms with Gasteiger partial charge in [-0.2, -0.15) is 5.10 Å². The van der Waals surface area contributed by atoms with Gasteiger partial charge < -0.3 is 5.73 Å². The molecular weight excluding hydrogens is 278 g/mol. The summed E-state index contributed by atoms with van der Waals surface area (Å²) in [5.41, 5.74) is 7.38. The lowest BCUT2D eigenvalue weighted by molar-refractivity contribution is 0.560. The highest BCUT2D eigenvalue weighted by atomic mass is 32.2. The molecule has 1 aromatic carbocycles. The van der Waals surface area contributed by atoms with Crippen LogP contribution in [-0.4, -0.2) is 23.6 Å². The summed E-state index contributed by atoms with van der Waals surface area (Å²) in [6, 6.07) is 4.40. The third kappa shape index (κ3) is 3.03. The number of aromatic amines is 1. The van der Waals surface area contributed by atoms with E-state index in [1.807, 2.05) is 6.92 Å². The van der Waals surface area contributed by atoms with Gasteiger partial charge in [0.15, 0.2) is 0 Å². The van der Waals surface area contributed by atoms with Crippen LogP contribution in [0.5, 0.6) is 0 Å². The molecule has 0 bridgehead atoms. The molecule has 0 saturated heterocycles. The number of hydrogen-bond acceptors (Lipinski definition) is 5. The minimum Gasteiger partial charge on any atom is -0.326 e. The Morgan fingerprint density at radius 1 is 1.45 bits per heavy atom. The highest BCUT2D eigenvalue weighted by molar-refractivity contribution is 7.89. The van der Waals surface area contributed by atoms with Gasteiger partial charge in [-0.1, -0.05) is 6.07 Å². The van der Waals surface area contributed by atoms with Crippen LogP contribution in [0.2, 0.25) is 0 Å². The third-order valence-electron chi connectivity index (χ3n) is 3.03. The number of nitrogens with one attached hydrogen (secondary N) is 2. The standard InChI is InChI=1S/C12H17N5O2S/c1-8-3-4-11(5-10(8)6-13)20(18,19)17-9(2)12-14-7-15-16-12/h3-5,7,9,17H,6,13H2,1-2H3,(H,14,15,16). The Hall–Kier alpha value is -1.77. The SMILES string of the molecule is Cc1ccc(S(=O)(=O)NC(C)c2ncn[nH]2)cc1CN. The molecule has 1 aromatic heterocycles. The summed E-state index contributed by atoms with van der Waals surface area (Å²) < 4.78 is 27.1. The molecule has 0 aliphatic rings. The number of benzene rings is 1. The molecule has 2 rings (SSSR count). The van der Waals surface area contributed by atoms with Crippen LogP contribution in [0.4, 0.5) is 0 Å². The summed E-state index contributed by atoms with van der Waals surface area (Å²) in [5, 5.41) is 6.33. The molecule has 4 N–H and O–H groups in total. The summed E-state index contributed by atoms with van der Waals surface area (Å²) in [5.74, 6) is 0.458. The average Bonchev–Trinajstić information content (AvgIpc) is 2.92. The maximum atomic E-state index is 12.3. The van der Waals surface area contributed by atoms with Crippen LogP contribution >= 0.6 is 0 Å². The number of aromatic nitrogens is 3. The number of hydrogen-bond donors (Lipinski definition) is 3. The third-order valence-corrected chi connectivity index (χ3v) is 4.56. The summed E-state index contributed by atoms with van der Waals surface area (Å²) in [6.07, 6.45) is 1.33. The molecule has 7 nitrogen and oxygen atoms in total. The van der Waals surface area contributed by atoms with Crippen LogP contribution in [0.15, 0.2) is 29.4 Å². The van der Waals surface area contributed by atoms with Crippen molar-refractivity contribution in [3.8, 4) is 0 Å². The van der Waals surface area contributed by atoms with Gasteiger partial charge >= 0.3 is 0 Å². The van der Waals surface area contributed by atoms with Crippen LogP contribution in [0.1, 0.15) is 29.9 Å². The lowest BCUT2D eigenvalue weighted by Crippen LogP contribution is -2.27. The first-order chi connectivity index (χ1) is 9.44. The Morgan fingerprint density at radius 3 is 2.80 bits per heavy atom. The molecule has 20 heavy (non-hydrogen) atoms. The molecule has 0 radical (unpaired) electrons. The van der Waals surface area contributed by atoms with E-state index in [4.69, 9.17) is 5.73 Å². The van der Waals surface area contributed by atoms with Crippen molar-refractivity contribution >= 4 is 10.0 Å². The fourth-order valence-corrected chi connectivity index (χ4v) is 3.07. The van der Waals surface area contributed by atoms with E-state index in [1.165, 1.54) is 6.33 Å². The number of aryl methyl sites for hydroxylation is 1. The first-order valence-electron chi connectivity index (χ1n) is 6.11. The Morgan fingerprint density at radius 2 is 2.20 bits per heavy atom. The highest BCUT2D eigenvalue weighted by Gasteiger charge is 2.20. The molecule has 1 unspecified atom stereocenters. The van der Waals surface area contributed by atoms with Crippen molar-refractivity contribution in [2.75, 3.05) is 0 Å². The van der Waals surface area contributed by atoms with Gasteiger partial charge in [0, 0.05) is 6.54 Å². The molecule has 2 aromatic rings. The van der Waals surface area contributed by atoms with Crippen molar-refractivity contribution in [1.82, 2.24) is 19.9 Å². The van der Waals surface area contributed by atoms with E-state index in [1.54, 1.807) is 25.1 Å². The summed E-state index contributed by atoms with van der Waals surface area (Å²) in [6.45, 7) is 3.88. The van der Waals surface area contributed by atoms with Gasteiger partial charge in [-0.05, 0) is 37.1 Å². The molecule has 0 spiro atoms. The first kappa shape index (κ1) is 14.6. The number of nitrogens with zero attached hydrogens (tertiary/aromatic N) is 2. The molecule has 1 heterocycles. The molecule has 0 aliphatic carbocycles. The van der Waals surface area contributed by atoms with E-state index >= 15 is 0 Å². The summed E-state index contributed by atoms with van der Waals surface area (Å²) in [4.78, 5) is 4.12. The van der Waals surface area contributed by atoms with Gasteiger partial charge in [-0.25, -0.2) is 18.1 Å². The van der Waals surface area contributed by atoms with E-state index in [9.17, 15) is 8.42 Å². The minimum atomic E-state index is -3.63. The fraction of sp³-hybridized carbons (Fsp3) is 0.333. The van der Waals surface area contributed by atoms with Gasteiger partial charge in [0.05, 0.1) is 10.9 Å². The van der Waals surface area contributed by atoms with E-state index in [2.05, 4.69) is 19.9 Å². The number of rotatable bonds is 5. The molecule has 0 saturated carbocycles. The Balaban J connectivity index is 2.26. The normalized spacial score (nSPS) is 13.3. The minimum absolute atomic E-state index is 0.190. The molecule has 0 fully saturated rings. The number of nitrogens with two attached hydrogens (primary N) is 1. The lowest BCUT2D eigenvalue weighted by Gasteiger charge is -2.13. The Kier molecular flexibility index (Phi) is 4.17. The monoisotopic (exact) mass is 295 g/mol. The van der Waals surface area contributed by atoms with Gasteiger partial charge in [-0.3, -0.25) is 5.10 Å². The maximum Gasteiger partial charge on any atom is 0.241 e. The topological polar surface area (TPSA) is 114 Å². The quantitative estimate of drug-likeness (QED) is 0.748. The molecule has 0 aliphatic heterocycles. The van der Waals surface area contributed by atoms with Crippen LogP contribution in [0.25, 0.3) is 0 Å². The number of sulfonamides is 1. The lowest BCUT2D eigenvalue weighted by atomic mass is 10.1. The Bertz CT molecular complexity index is 682. The van der Waals surface area contributed by atoms with E-state index < -0.39 is 16.1 Å². The fourth-order valence-electron chi connectivity index (χ4n) is 1.82. The van der Waals surface area contributed by atoms with Crippen LogP contribution in [0, 0.1) is 6.92 Å². The second-order valence-corrected chi connectivity index (χ2v) is 6.22. The maximum absolute atomic E-state index is 12.3. The highest BCUT2D eigenvalue weighted by Crippen LogP contribution is 2.17. The molecule has 8 heteroatoms. The smallest absolute Gasteiger partial charge is 0.241 e. The van der Waals surface area contributed by atoms with Crippen LogP contribution in [-0.2, 0) is 16.6 Å². The average molecular weight is 295 g/mol. The van der Waals surface area contributed by atoms with Crippen LogP contribution < -0.4 is 10.5 Å². The summed E-state index contributed by atoms with van der Waals surface area (Å²) >= 11 is 0. The Labute approximate surface area is 117 Å². The van der Waals surface area contributed by atoms with Gasteiger partial charge in [-0.15, -0.1) is 0 Å².